The van der Waals surface area contributed by atoms with Crippen LogP contribution in [0, 0.1) is 0 Å². The van der Waals surface area contributed by atoms with Crippen molar-refractivity contribution in [3.8, 4) is 33.6 Å². The molecule has 0 radical (unpaired) electrons. The Labute approximate surface area is 496 Å². The number of benzene rings is 13. The zero-order chi connectivity index (χ0) is 57.2. The van der Waals surface area contributed by atoms with Crippen molar-refractivity contribution in [1.29, 1.82) is 0 Å². The number of fused-ring (bicyclic) bond motifs is 21. The molecule has 0 bridgehead atoms. The largest absolute Gasteiger partial charge is 0.309 e. The predicted octanol–water partition coefficient (Wildman–Crippen LogP) is 22.4. The molecule has 6 heterocycles. The molecular formula is C82H58N4. The summed E-state index contributed by atoms with van der Waals surface area (Å²) in [5.74, 6) is 0. The van der Waals surface area contributed by atoms with Crippen LogP contribution in [0.15, 0.2) is 243 Å². The van der Waals surface area contributed by atoms with Gasteiger partial charge in [0.1, 0.15) is 0 Å². The van der Waals surface area contributed by atoms with E-state index in [4.69, 9.17) is 0 Å². The maximum Gasteiger partial charge on any atom is 0.0627 e. The summed E-state index contributed by atoms with van der Waals surface area (Å²) < 4.78 is 10.2. The van der Waals surface area contributed by atoms with Gasteiger partial charge in [0.2, 0.25) is 0 Å². The molecule has 0 atom stereocenters. The number of hydrogen-bond donors (Lipinski definition) is 0. The second-order valence-electron chi connectivity index (χ2n) is 26.5. The first-order valence-electron chi connectivity index (χ1n) is 30.4. The predicted molar refractivity (Wildman–Crippen MR) is 368 cm³/mol. The third kappa shape index (κ3) is 6.32. The van der Waals surface area contributed by atoms with E-state index in [0.29, 0.717) is 0 Å². The van der Waals surface area contributed by atoms with Crippen LogP contribution in [-0.4, -0.2) is 17.9 Å². The Morgan fingerprint density at radius 3 is 1.29 bits per heavy atom. The maximum absolute atomic E-state index is 2.68. The van der Waals surface area contributed by atoms with E-state index in [1.165, 1.54) is 180 Å². The molecule has 0 fully saturated rings. The van der Waals surface area contributed by atoms with Crippen molar-refractivity contribution in [3.63, 3.8) is 0 Å². The highest BCUT2D eigenvalue weighted by atomic mass is 15.0. The fourth-order valence-electron chi connectivity index (χ4n) is 15.6. The Kier molecular flexibility index (Phi) is 9.31. The van der Waals surface area contributed by atoms with Crippen molar-refractivity contribution in [2.75, 3.05) is 0 Å². The molecule has 0 spiro atoms. The van der Waals surface area contributed by atoms with Crippen LogP contribution in [-0.2, 0) is 10.8 Å². The van der Waals surface area contributed by atoms with E-state index in [-0.39, 0.29) is 10.8 Å². The van der Waals surface area contributed by atoms with Crippen LogP contribution >= 0.6 is 0 Å². The lowest BCUT2D eigenvalue weighted by Gasteiger charge is -2.22. The number of nitrogens with zero attached hydrogens (tertiary/aromatic N) is 4. The third-order valence-corrected chi connectivity index (χ3v) is 19.6. The van der Waals surface area contributed by atoms with Gasteiger partial charge in [-0.05, 0) is 164 Å². The molecule has 0 unspecified atom stereocenters. The van der Waals surface area contributed by atoms with Crippen LogP contribution in [0.25, 0.3) is 175 Å². The lowest BCUT2D eigenvalue weighted by Crippen LogP contribution is -2.11. The minimum Gasteiger partial charge on any atom is -0.309 e. The van der Waals surface area contributed by atoms with E-state index in [1.54, 1.807) is 0 Å². The molecule has 19 rings (SSSR count). The van der Waals surface area contributed by atoms with E-state index in [9.17, 15) is 0 Å². The molecule has 406 valence electrons. The zero-order valence-corrected chi connectivity index (χ0v) is 48.9. The van der Waals surface area contributed by atoms with Crippen LogP contribution in [0.3, 0.4) is 0 Å². The molecule has 0 aliphatic rings. The van der Waals surface area contributed by atoms with Gasteiger partial charge in [-0.1, -0.05) is 175 Å². The van der Waals surface area contributed by atoms with Gasteiger partial charge in [-0.25, -0.2) is 0 Å². The highest BCUT2D eigenvalue weighted by Gasteiger charge is 2.30. The average Bonchev–Trinajstić information content (AvgIpc) is 1.52. The molecule has 0 saturated carbocycles. The molecule has 0 N–H and O–H groups in total. The fourth-order valence-corrected chi connectivity index (χ4v) is 15.6. The summed E-state index contributed by atoms with van der Waals surface area (Å²) in [6.07, 6.45) is 0. The van der Waals surface area contributed by atoms with Gasteiger partial charge in [-0.15, -0.1) is 0 Å². The first-order valence-corrected chi connectivity index (χ1v) is 30.4. The SMILES string of the molecule is CC(C)(C)c1cc(-c2ccc3c(c2)c2ccccc2n3-c2ccccc2)c2c(c1)c1cc(C(C)(C)C)cc3c4cc5c(cc4n2c31)c1c2ccccc2cc2c3cc4ccccc4c(-c4ccc6c(c4)c4ccccc4n6-c4ccccc4)c3n5c21. The Hall–Kier alpha value is -10.4. The quantitative estimate of drug-likeness (QED) is 0.167. The second-order valence-corrected chi connectivity index (χ2v) is 26.5. The van der Waals surface area contributed by atoms with Gasteiger partial charge in [0.05, 0.1) is 55.2 Å². The molecule has 0 aliphatic carbocycles. The van der Waals surface area contributed by atoms with Gasteiger partial charge >= 0.3 is 0 Å². The van der Waals surface area contributed by atoms with Gasteiger partial charge in [-0.2, -0.15) is 0 Å². The van der Waals surface area contributed by atoms with E-state index in [0.717, 1.165) is 5.69 Å². The van der Waals surface area contributed by atoms with Crippen LogP contribution in [0.4, 0.5) is 0 Å². The third-order valence-electron chi connectivity index (χ3n) is 19.6. The standard InChI is InChI=1S/C82H58N4/c1-81(2,3)51-41-59(49-33-35-71-60(37-49)57-29-17-19-31-69(57)83(71)53-23-9-7-10-24-53)77-66(43-51)67-44-52(82(4,5)6)42-65-62-45-74-68(46-73(62)85(77)78(65)67)76-56-28-16-14-22-48(56)39-64-63-38-47-21-13-15-27-55(47)75(79(63)86(74)80(64)76)50-34-36-72-61(40-50)58-30-18-20-32-70(58)84(72)54-25-11-8-12-26-54/h7-46H,1-6H3. The normalized spacial score (nSPS) is 13.0. The molecule has 4 heteroatoms. The number of hydrogen-bond acceptors (Lipinski definition) is 0. The number of aromatic nitrogens is 4. The lowest BCUT2D eigenvalue weighted by atomic mass is 9.83. The van der Waals surface area contributed by atoms with E-state index < -0.39 is 0 Å². The molecule has 19 aromatic rings. The fraction of sp³-hybridized carbons (Fsp3) is 0.0976. The van der Waals surface area contributed by atoms with Crippen molar-refractivity contribution in [2.45, 2.75) is 52.4 Å². The van der Waals surface area contributed by atoms with E-state index in [2.05, 4.69) is 302 Å². The minimum absolute atomic E-state index is 0.106. The number of para-hydroxylation sites is 4. The highest BCUT2D eigenvalue weighted by Crippen LogP contribution is 2.52. The summed E-state index contributed by atoms with van der Waals surface area (Å²) in [5, 5.41) is 20.3. The Balaban J connectivity index is 0.966. The van der Waals surface area contributed by atoms with Gasteiger partial charge in [0.25, 0.3) is 0 Å². The molecular weight excluding hydrogens is 1040 g/mol. The zero-order valence-electron chi connectivity index (χ0n) is 48.9. The smallest absolute Gasteiger partial charge is 0.0627 e. The van der Waals surface area contributed by atoms with E-state index >= 15 is 0 Å². The summed E-state index contributed by atoms with van der Waals surface area (Å²) in [6.45, 7) is 14.2. The maximum atomic E-state index is 2.68. The van der Waals surface area contributed by atoms with Crippen molar-refractivity contribution >= 4 is 141 Å². The summed E-state index contributed by atoms with van der Waals surface area (Å²) in [5.41, 5.74) is 22.1. The van der Waals surface area contributed by atoms with Crippen LogP contribution in [0.1, 0.15) is 52.7 Å². The van der Waals surface area contributed by atoms with Crippen molar-refractivity contribution in [2.24, 2.45) is 0 Å². The molecule has 0 aliphatic heterocycles. The van der Waals surface area contributed by atoms with Gasteiger partial charge in [-0.3, -0.25) is 0 Å². The summed E-state index contributed by atoms with van der Waals surface area (Å²) in [4.78, 5) is 0. The summed E-state index contributed by atoms with van der Waals surface area (Å²) in [7, 11) is 0. The molecule has 0 saturated heterocycles. The monoisotopic (exact) mass is 1100 g/mol. The molecule has 4 nitrogen and oxygen atoms in total. The van der Waals surface area contributed by atoms with Gasteiger partial charge < -0.3 is 17.9 Å². The second kappa shape index (κ2) is 16.7. The van der Waals surface area contributed by atoms with Crippen molar-refractivity contribution in [1.82, 2.24) is 17.9 Å². The first kappa shape index (κ1) is 48.0. The summed E-state index contributed by atoms with van der Waals surface area (Å²) in [6, 6.07) is 92.3. The molecule has 86 heavy (non-hydrogen) atoms. The minimum atomic E-state index is -0.108. The topological polar surface area (TPSA) is 18.7 Å². The highest BCUT2D eigenvalue weighted by molar-refractivity contribution is 6.36. The van der Waals surface area contributed by atoms with Crippen molar-refractivity contribution in [3.05, 3.63) is 254 Å². The van der Waals surface area contributed by atoms with Gasteiger partial charge in [0.15, 0.2) is 0 Å². The van der Waals surface area contributed by atoms with Crippen molar-refractivity contribution < 1.29 is 0 Å². The molecule has 6 aromatic heterocycles. The van der Waals surface area contributed by atoms with Crippen LogP contribution in [0.5, 0.6) is 0 Å². The van der Waals surface area contributed by atoms with Crippen LogP contribution in [0.2, 0.25) is 0 Å². The Morgan fingerprint density at radius 2 is 0.674 bits per heavy atom. The average molecular weight is 1100 g/mol. The molecule has 13 aromatic carbocycles. The Bertz CT molecular complexity index is 6130. The summed E-state index contributed by atoms with van der Waals surface area (Å²) >= 11 is 0. The lowest BCUT2D eigenvalue weighted by molar-refractivity contribution is 0.591. The molecule has 0 amide bonds. The first-order chi connectivity index (χ1) is 41.9. The Morgan fingerprint density at radius 1 is 0.256 bits per heavy atom. The number of rotatable bonds is 4. The van der Waals surface area contributed by atoms with Gasteiger partial charge in [0, 0.05) is 87.1 Å². The van der Waals surface area contributed by atoms with E-state index in [1.807, 2.05) is 0 Å². The van der Waals surface area contributed by atoms with Crippen LogP contribution < -0.4 is 0 Å².